The maximum Gasteiger partial charge on any atom is 0.326 e. The summed E-state index contributed by atoms with van der Waals surface area (Å²) in [4.78, 5) is 97.2. The Balaban J connectivity index is 5.32. The number of carbonyl (C=O) groups is 8. The van der Waals surface area contributed by atoms with Crippen LogP contribution in [-0.2, 0) is 38.4 Å². The minimum atomic E-state index is -1.51. The quantitative estimate of drug-likeness (QED) is 0.0327. The number of aldehydes is 1. The number of rotatable bonds is 22. The second kappa shape index (κ2) is 21.6. The van der Waals surface area contributed by atoms with Crippen LogP contribution in [0.4, 0.5) is 0 Å². The molecule has 0 spiro atoms. The number of hydrogen-bond donors (Lipinski definition) is 9. The van der Waals surface area contributed by atoms with Gasteiger partial charge in [-0.2, -0.15) is 0 Å². The summed E-state index contributed by atoms with van der Waals surface area (Å²) < 4.78 is 0. The van der Waals surface area contributed by atoms with E-state index in [2.05, 4.69) is 31.9 Å². The Morgan fingerprint density at radius 1 is 0.778 bits per heavy atom. The van der Waals surface area contributed by atoms with E-state index in [1.54, 1.807) is 27.7 Å². The van der Waals surface area contributed by atoms with Gasteiger partial charge in [0.25, 0.3) is 5.91 Å². The van der Waals surface area contributed by atoms with E-state index in [0.29, 0.717) is 25.8 Å². The fourth-order valence-corrected chi connectivity index (χ4v) is 4.01. The Hall–Kier alpha value is -4.12. The zero-order valence-electron chi connectivity index (χ0n) is 26.5. The first-order chi connectivity index (χ1) is 21.1. The van der Waals surface area contributed by atoms with Gasteiger partial charge >= 0.3 is 5.97 Å². The molecule has 0 fully saturated rings. The molecule has 0 radical (unpaired) electrons. The molecule has 0 aromatic rings. The molecular formula is C28H49N7O10. The fourth-order valence-electron chi connectivity index (χ4n) is 4.01. The second-order valence-corrected chi connectivity index (χ2v) is 11.1. The molecule has 0 saturated carbocycles. The predicted molar refractivity (Wildman–Crippen MR) is 161 cm³/mol. The van der Waals surface area contributed by atoms with E-state index in [0.717, 1.165) is 0 Å². The van der Waals surface area contributed by atoms with Gasteiger partial charge in [-0.05, 0) is 51.0 Å². The summed E-state index contributed by atoms with van der Waals surface area (Å²) in [5, 5.41) is 33.2. The van der Waals surface area contributed by atoms with Crippen LogP contribution in [0.5, 0.6) is 0 Å². The Morgan fingerprint density at radius 2 is 1.38 bits per heavy atom. The van der Waals surface area contributed by atoms with Crippen LogP contribution in [0, 0.1) is 11.8 Å². The highest BCUT2D eigenvalue weighted by atomic mass is 16.4. The summed E-state index contributed by atoms with van der Waals surface area (Å²) in [6.07, 6.45) is 1.82. The van der Waals surface area contributed by atoms with Gasteiger partial charge in [0, 0.05) is 0 Å². The highest BCUT2D eigenvalue weighted by Gasteiger charge is 2.31. The molecule has 0 aromatic carbocycles. The molecule has 0 aromatic heterocycles. The number of aliphatic hydroxyl groups excluding tert-OH is 1. The van der Waals surface area contributed by atoms with E-state index >= 15 is 0 Å². The van der Waals surface area contributed by atoms with Gasteiger partial charge in [-0.1, -0.05) is 34.1 Å². The molecule has 0 unspecified atom stereocenters. The number of hydrogen-bond acceptors (Lipinski definition) is 10. The van der Waals surface area contributed by atoms with Crippen LogP contribution in [0.25, 0.3) is 0 Å². The van der Waals surface area contributed by atoms with E-state index in [4.69, 9.17) is 5.73 Å². The largest absolute Gasteiger partial charge is 0.480 e. The third-order valence-corrected chi connectivity index (χ3v) is 6.81. The minimum absolute atomic E-state index is 0.0168. The molecule has 0 heterocycles. The molecule has 17 nitrogen and oxygen atoms in total. The summed E-state index contributed by atoms with van der Waals surface area (Å²) in [7, 11) is 0. The first kappa shape index (κ1) is 40.9. The van der Waals surface area contributed by atoms with Gasteiger partial charge < -0.3 is 47.8 Å². The Morgan fingerprint density at radius 3 is 1.89 bits per heavy atom. The van der Waals surface area contributed by atoms with Crippen LogP contribution < -0.4 is 37.6 Å². The fraction of sp³-hybridized carbons (Fsp3) is 0.714. The van der Waals surface area contributed by atoms with Crippen molar-refractivity contribution in [3.63, 3.8) is 0 Å². The first-order valence-electron chi connectivity index (χ1n) is 14.9. The van der Waals surface area contributed by atoms with Crippen molar-refractivity contribution >= 4 is 47.7 Å². The number of carboxylic acid groups (broad SMARTS) is 1. The van der Waals surface area contributed by atoms with Gasteiger partial charge in [0.15, 0.2) is 0 Å². The number of aliphatic carboxylic acids is 1. The van der Waals surface area contributed by atoms with Crippen molar-refractivity contribution < 1.29 is 48.6 Å². The Bertz CT molecular complexity index is 1040. The normalized spacial score (nSPS) is 14.8. The Kier molecular flexibility index (Phi) is 19.6. The van der Waals surface area contributed by atoms with Gasteiger partial charge in [0.2, 0.25) is 35.8 Å². The maximum atomic E-state index is 13.0. The van der Waals surface area contributed by atoms with E-state index in [1.807, 2.05) is 0 Å². The lowest BCUT2D eigenvalue weighted by molar-refractivity contribution is -0.142. The number of unbranched alkanes of at least 4 members (excludes halogenated alkanes) is 1. The lowest BCUT2D eigenvalue weighted by Crippen LogP contribution is -2.58. The van der Waals surface area contributed by atoms with E-state index < -0.39 is 84.8 Å². The summed E-state index contributed by atoms with van der Waals surface area (Å²) in [5.41, 5.74) is 5.43. The van der Waals surface area contributed by atoms with Crippen molar-refractivity contribution in [2.45, 2.75) is 96.9 Å². The van der Waals surface area contributed by atoms with Crippen LogP contribution in [0.15, 0.2) is 0 Å². The molecule has 0 rings (SSSR count). The van der Waals surface area contributed by atoms with E-state index in [1.165, 1.54) is 6.92 Å². The van der Waals surface area contributed by atoms with Crippen LogP contribution >= 0.6 is 0 Å². The maximum absolute atomic E-state index is 13.0. The molecular weight excluding hydrogens is 594 g/mol. The van der Waals surface area contributed by atoms with Crippen molar-refractivity contribution in [1.29, 1.82) is 0 Å². The average Bonchev–Trinajstić information content (AvgIpc) is 2.99. The van der Waals surface area contributed by atoms with Crippen LogP contribution in [0.2, 0.25) is 0 Å². The molecule has 10 N–H and O–H groups in total. The van der Waals surface area contributed by atoms with Crippen molar-refractivity contribution in [2.75, 3.05) is 19.7 Å². The summed E-state index contributed by atoms with van der Waals surface area (Å²) in [5.74, 6) is -6.74. The van der Waals surface area contributed by atoms with Crippen molar-refractivity contribution in [3.05, 3.63) is 0 Å². The van der Waals surface area contributed by atoms with E-state index in [-0.39, 0.29) is 31.0 Å². The second-order valence-electron chi connectivity index (χ2n) is 11.1. The summed E-state index contributed by atoms with van der Waals surface area (Å²) in [6, 6.07) is -6.13. The van der Waals surface area contributed by atoms with Gasteiger partial charge in [0.05, 0.1) is 13.2 Å². The highest BCUT2D eigenvalue weighted by Crippen LogP contribution is 2.08. The highest BCUT2D eigenvalue weighted by molar-refractivity contribution is 6.24. The summed E-state index contributed by atoms with van der Waals surface area (Å²) >= 11 is 0. The number of nitrogens with two attached hydrogens (primary N) is 1. The molecule has 0 saturated heterocycles. The predicted octanol–water partition coefficient (Wildman–Crippen LogP) is -2.96. The molecule has 0 aliphatic rings. The van der Waals surface area contributed by atoms with Crippen molar-refractivity contribution in [2.24, 2.45) is 17.6 Å². The number of aliphatic hydroxyl groups is 1. The smallest absolute Gasteiger partial charge is 0.326 e. The lowest BCUT2D eigenvalue weighted by atomic mass is 9.98. The van der Waals surface area contributed by atoms with Gasteiger partial charge in [-0.25, -0.2) is 4.79 Å². The van der Waals surface area contributed by atoms with Crippen molar-refractivity contribution in [3.8, 4) is 0 Å². The number of carbonyl (C=O) groups excluding carboxylic acids is 7. The molecule has 0 aliphatic carbocycles. The van der Waals surface area contributed by atoms with Gasteiger partial charge in [0.1, 0.15) is 30.2 Å². The van der Waals surface area contributed by atoms with Gasteiger partial charge in [-0.3, -0.25) is 33.6 Å². The van der Waals surface area contributed by atoms with E-state index in [9.17, 15) is 48.6 Å². The third kappa shape index (κ3) is 16.0. The number of amides is 6. The van der Waals surface area contributed by atoms with Crippen LogP contribution in [-0.4, -0.2) is 108 Å². The molecule has 6 amide bonds. The molecule has 6 atom stereocenters. The third-order valence-electron chi connectivity index (χ3n) is 6.81. The first-order valence-corrected chi connectivity index (χ1v) is 14.9. The molecule has 0 aliphatic heterocycles. The zero-order chi connectivity index (χ0) is 34.7. The van der Waals surface area contributed by atoms with Crippen LogP contribution in [0.1, 0.15) is 66.7 Å². The SMILES string of the molecule is CC[C@H](C)[C@H](NC(=O)C=O)C(=O)NCC(=O)N[C@@H](CO)C(=O)N[C@@H](CC(C)C)C(=O)N[C@@H](C)C(=O)N[C@@H](CCCCN)C(=O)O. The average molecular weight is 644 g/mol. The van der Waals surface area contributed by atoms with Crippen LogP contribution in [0.3, 0.4) is 0 Å². The minimum Gasteiger partial charge on any atom is -0.480 e. The molecule has 256 valence electrons. The Labute approximate surface area is 262 Å². The number of nitrogens with one attached hydrogen (secondary N) is 6. The number of carboxylic acids is 1. The lowest BCUT2D eigenvalue weighted by Gasteiger charge is -2.25. The topological polar surface area (TPSA) is 275 Å². The molecule has 0 bridgehead atoms. The zero-order valence-corrected chi connectivity index (χ0v) is 26.5. The standard InChI is InChI=1S/C28H49N7O10/c1-6-16(4)23(35-22(39)14-37)27(43)30-12-21(38)32-20(13-36)26(42)34-19(11-15(2)3)25(41)31-17(5)24(40)33-18(28(44)45)9-7-8-10-29/h14-20,23,36H,6-13,29H2,1-5H3,(H,30,43)(H,31,41)(H,32,38)(H,33,40)(H,34,42)(H,35,39)(H,44,45)/t16-,17-,18-,19-,20-,23-/m0/s1. The monoisotopic (exact) mass is 643 g/mol. The van der Waals surface area contributed by atoms with Crippen molar-refractivity contribution in [1.82, 2.24) is 31.9 Å². The molecule has 17 heteroatoms. The van der Waals surface area contributed by atoms with Gasteiger partial charge in [-0.15, -0.1) is 0 Å². The summed E-state index contributed by atoms with van der Waals surface area (Å²) in [6.45, 7) is 7.22. The molecule has 45 heavy (non-hydrogen) atoms.